The predicted octanol–water partition coefficient (Wildman–Crippen LogP) is 3.07. The van der Waals surface area contributed by atoms with Gasteiger partial charge < -0.3 is 19.6 Å². The zero-order valence-electron chi connectivity index (χ0n) is 15.6. The molecule has 0 unspecified atom stereocenters. The van der Waals surface area contributed by atoms with Crippen LogP contribution in [0.3, 0.4) is 0 Å². The summed E-state index contributed by atoms with van der Waals surface area (Å²) in [6.07, 6.45) is -0.151. The summed E-state index contributed by atoms with van der Waals surface area (Å²) in [5.41, 5.74) is 1.00. The first-order valence-corrected chi connectivity index (χ1v) is 7.97. The van der Waals surface area contributed by atoms with Crippen LogP contribution in [0.25, 0.3) is 0 Å². The number of ether oxygens (including phenoxy) is 2. The monoisotopic (exact) mass is 350 g/mol. The molecule has 0 heterocycles. The molecule has 7 heteroatoms. The second-order valence-corrected chi connectivity index (χ2v) is 6.63. The van der Waals surface area contributed by atoms with E-state index in [4.69, 9.17) is 14.3 Å². The van der Waals surface area contributed by atoms with Crippen molar-refractivity contribution < 1.29 is 23.9 Å². The molecule has 0 aromatic heterocycles. The van der Waals surface area contributed by atoms with Crippen molar-refractivity contribution in [2.45, 2.75) is 52.7 Å². The Labute approximate surface area is 148 Å². The Hall–Kier alpha value is -2.57. The van der Waals surface area contributed by atoms with Crippen molar-refractivity contribution in [1.29, 1.82) is 0 Å². The first-order valence-electron chi connectivity index (χ1n) is 7.97. The van der Waals surface area contributed by atoms with Crippen molar-refractivity contribution in [2.24, 2.45) is 5.16 Å². The summed E-state index contributed by atoms with van der Waals surface area (Å²) in [5, 5.41) is 6.21. The average Bonchev–Trinajstić information content (AvgIpc) is 2.51. The average molecular weight is 350 g/mol. The molecule has 25 heavy (non-hydrogen) atoms. The van der Waals surface area contributed by atoms with Crippen molar-refractivity contribution in [1.82, 2.24) is 5.32 Å². The Morgan fingerprint density at radius 2 is 1.80 bits per heavy atom. The van der Waals surface area contributed by atoms with Gasteiger partial charge in [-0.15, -0.1) is 0 Å². The highest BCUT2D eigenvalue weighted by atomic mass is 16.7. The minimum atomic E-state index is -0.868. The quantitative estimate of drug-likeness (QED) is 0.484. The van der Waals surface area contributed by atoms with Gasteiger partial charge in [0.15, 0.2) is 0 Å². The van der Waals surface area contributed by atoms with Crippen LogP contribution < -0.4 is 10.1 Å². The third-order valence-electron chi connectivity index (χ3n) is 3.00. The molecule has 138 valence electrons. The van der Waals surface area contributed by atoms with Gasteiger partial charge in [-0.3, -0.25) is 0 Å². The molecular formula is C18H26N2O5. The van der Waals surface area contributed by atoms with E-state index < -0.39 is 23.7 Å². The summed E-state index contributed by atoms with van der Waals surface area (Å²) >= 11 is 0. The summed E-state index contributed by atoms with van der Waals surface area (Å²) < 4.78 is 10.2. The molecule has 0 spiro atoms. The van der Waals surface area contributed by atoms with Crippen LogP contribution in [0.4, 0.5) is 4.79 Å². The van der Waals surface area contributed by atoms with E-state index in [-0.39, 0.29) is 0 Å². The van der Waals surface area contributed by atoms with Crippen LogP contribution >= 0.6 is 0 Å². The highest BCUT2D eigenvalue weighted by molar-refractivity contribution is 5.85. The lowest BCUT2D eigenvalue weighted by molar-refractivity contribution is -0.145. The maximum Gasteiger partial charge on any atom is 0.408 e. The number of oxime groups is 1. The van der Waals surface area contributed by atoms with Gasteiger partial charge in [-0.2, -0.15) is 0 Å². The van der Waals surface area contributed by atoms with Gasteiger partial charge in [0.2, 0.25) is 0 Å². The minimum absolute atomic E-state index is 0.533. The number of nitrogens with one attached hydrogen (secondary N) is 1. The number of hydrogen-bond donors (Lipinski definition) is 1. The maximum absolute atomic E-state index is 11.9. The fourth-order valence-electron chi connectivity index (χ4n) is 1.82. The molecule has 0 saturated carbocycles. The third-order valence-corrected chi connectivity index (χ3v) is 3.00. The molecule has 0 aliphatic rings. The molecule has 1 aromatic carbocycles. The largest absolute Gasteiger partial charge is 0.497 e. The molecule has 0 saturated heterocycles. The lowest BCUT2D eigenvalue weighted by Crippen LogP contribution is -2.42. The summed E-state index contributed by atoms with van der Waals surface area (Å²) in [6.45, 7) is 8.47. The molecule has 0 aliphatic carbocycles. The predicted molar refractivity (Wildman–Crippen MR) is 94.7 cm³/mol. The second kappa shape index (κ2) is 9.05. The van der Waals surface area contributed by atoms with E-state index in [1.54, 1.807) is 34.8 Å². The summed E-state index contributed by atoms with van der Waals surface area (Å²) in [7, 11) is 1.60. The lowest BCUT2D eigenvalue weighted by Gasteiger charge is -2.20. The Balaban J connectivity index is 2.49. The summed E-state index contributed by atoms with van der Waals surface area (Å²) in [4.78, 5) is 28.4. The van der Waals surface area contributed by atoms with Gasteiger partial charge in [0.1, 0.15) is 17.4 Å². The zero-order valence-corrected chi connectivity index (χ0v) is 15.6. The highest BCUT2D eigenvalue weighted by Gasteiger charge is 2.22. The van der Waals surface area contributed by atoms with Crippen LogP contribution in [0.1, 0.15) is 40.2 Å². The van der Waals surface area contributed by atoms with Gasteiger partial charge in [-0.1, -0.05) is 17.3 Å². The van der Waals surface area contributed by atoms with E-state index in [0.29, 0.717) is 12.1 Å². The number of carbonyl (C=O) groups excluding carboxylic acids is 2. The molecule has 1 amide bonds. The first kappa shape index (κ1) is 20.5. The molecule has 1 aromatic rings. The molecule has 1 N–H and O–H groups in total. The molecule has 0 aliphatic heterocycles. The number of alkyl carbamates (subject to hydrolysis) is 1. The van der Waals surface area contributed by atoms with Gasteiger partial charge in [0, 0.05) is 6.42 Å². The van der Waals surface area contributed by atoms with Gasteiger partial charge in [-0.05, 0) is 52.3 Å². The van der Waals surface area contributed by atoms with Gasteiger partial charge >= 0.3 is 12.1 Å². The van der Waals surface area contributed by atoms with E-state index in [2.05, 4.69) is 10.5 Å². The summed E-state index contributed by atoms with van der Waals surface area (Å²) in [5.74, 6) is 0.103. The number of methoxy groups -OCH3 is 1. The lowest BCUT2D eigenvalue weighted by atomic mass is 10.1. The van der Waals surface area contributed by atoms with Crippen molar-refractivity contribution in [3.63, 3.8) is 0 Å². The molecule has 1 atom stereocenters. The number of nitrogens with zero attached hydrogens (tertiary/aromatic N) is 1. The van der Waals surface area contributed by atoms with Crippen LogP contribution in [-0.4, -0.2) is 36.5 Å². The second-order valence-electron chi connectivity index (χ2n) is 6.63. The van der Waals surface area contributed by atoms with Crippen molar-refractivity contribution in [3.8, 4) is 5.75 Å². The van der Waals surface area contributed by atoms with Gasteiger partial charge in [0.05, 0.1) is 12.8 Å². The van der Waals surface area contributed by atoms with Crippen LogP contribution in [0, 0.1) is 0 Å². The molecule has 0 radical (unpaired) electrons. The Morgan fingerprint density at radius 1 is 1.20 bits per heavy atom. The number of rotatable bonds is 6. The third kappa shape index (κ3) is 8.19. The van der Waals surface area contributed by atoms with Crippen LogP contribution in [0.15, 0.2) is 29.4 Å². The van der Waals surface area contributed by atoms with E-state index in [1.165, 1.54) is 6.92 Å². The van der Waals surface area contributed by atoms with Crippen LogP contribution in [-0.2, 0) is 20.8 Å². The fraction of sp³-hybridized carbons (Fsp3) is 0.500. The van der Waals surface area contributed by atoms with Gasteiger partial charge in [-0.25, -0.2) is 9.59 Å². The Kier molecular flexibility index (Phi) is 7.42. The number of hydrogen-bond acceptors (Lipinski definition) is 6. The highest BCUT2D eigenvalue weighted by Crippen LogP contribution is 2.12. The number of carbonyl (C=O) groups is 2. The van der Waals surface area contributed by atoms with Gasteiger partial charge in [0.25, 0.3) is 0 Å². The Bertz CT molecular complexity index is 617. The summed E-state index contributed by atoms with van der Waals surface area (Å²) in [6, 6.07) is 6.65. The van der Waals surface area contributed by atoms with Crippen molar-refractivity contribution in [3.05, 3.63) is 29.8 Å². The number of benzene rings is 1. The minimum Gasteiger partial charge on any atom is -0.497 e. The van der Waals surface area contributed by atoms with E-state index >= 15 is 0 Å². The zero-order chi connectivity index (χ0) is 19.0. The Morgan fingerprint density at radius 3 is 2.32 bits per heavy atom. The van der Waals surface area contributed by atoms with E-state index in [9.17, 15) is 9.59 Å². The molecule has 1 rings (SSSR count). The normalized spacial score (nSPS) is 13.0. The van der Waals surface area contributed by atoms with Crippen molar-refractivity contribution >= 4 is 17.8 Å². The standard InChI is InChI=1S/C18H26N2O5/c1-12(11-14-7-9-15(23-6)10-8-14)20-25-16(21)13(2)19-17(22)24-18(3,4)5/h7-10,13H,11H2,1-6H3,(H,19,22)/b20-12+/t13-/m0/s1. The molecular weight excluding hydrogens is 324 g/mol. The SMILES string of the molecule is COc1ccc(C/C(C)=N/OC(=O)[C@H](C)NC(=O)OC(C)(C)C)cc1. The molecule has 0 bridgehead atoms. The first-order chi connectivity index (χ1) is 11.6. The van der Waals surface area contributed by atoms with Crippen LogP contribution in [0.2, 0.25) is 0 Å². The van der Waals surface area contributed by atoms with Crippen molar-refractivity contribution in [2.75, 3.05) is 7.11 Å². The number of amides is 1. The molecule has 7 nitrogen and oxygen atoms in total. The topological polar surface area (TPSA) is 86.2 Å². The van der Waals surface area contributed by atoms with E-state index in [0.717, 1.165) is 11.3 Å². The maximum atomic E-state index is 11.9. The van der Waals surface area contributed by atoms with E-state index in [1.807, 2.05) is 24.3 Å². The smallest absolute Gasteiger partial charge is 0.408 e. The van der Waals surface area contributed by atoms with Crippen LogP contribution in [0.5, 0.6) is 5.75 Å². The fourth-order valence-corrected chi connectivity index (χ4v) is 1.82. The molecule has 0 fully saturated rings.